The van der Waals surface area contributed by atoms with Crippen LogP contribution >= 0.6 is 38.5 Å². The fourth-order valence-electron chi connectivity index (χ4n) is 3.13. The lowest BCUT2D eigenvalue weighted by Gasteiger charge is -2.27. The van der Waals surface area contributed by atoms with E-state index in [1.54, 1.807) is 24.3 Å². The molecule has 166 valence electrons. The van der Waals surface area contributed by atoms with Crippen molar-refractivity contribution in [1.29, 1.82) is 0 Å². The van der Waals surface area contributed by atoms with Crippen LogP contribution < -0.4 is 15.0 Å². The lowest BCUT2D eigenvalue weighted by Crippen LogP contribution is -2.54. The Bertz CT molecular complexity index is 1130. The summed E-state index contributed by atoms with van der Waals surface area (Å²) in [7, 11) is 1.26. The van der Waals surface area contributed by atoms with Crippen LogP contribution in [0.3, 0.4) is 0 Å². The first-order valence-electron chi connectivity index (χ1n) is 9.29. The third-order valence-electron chi connectivity index (χ3n) is 4.46. The number of hydrogen-bond acceptors (Lipinski definition) is 6. The molecule has 1 fully saturated rings. The number of halogens is 2. The van der Waals surface area contributed by atoms with E-state index in [-0.39, 0.29) is 12.2 Å². The maximum Gasteiger partial charge on any atom is 0.343 e. The van der Waals surface area contributed by atoms with Crippen molar-refractivity contribution >= 4 is 74.1 Å². The number of benzene rings is 2. The van der Waals surface area contributed by atoms with Gasteiger partial charge >= 0.3 is 12.0 Å². The molecule has 32 heavy (non-hydrogen) atoms. The molecule has 10 heteroatoms. The minimum atomic E-state index is -0.801. The molecule has 1 saturated heterocycles. The SMILES string of the molecule is COC(=O)COc1c(Br)cc(/C=C2\C(=O)NC(=O)N(c3cc(C)cc(C)c3)C2=O)cc1I. The van der Waals surface area contributed by atoms with Crippen LogP contribution in [0.4, 0.5) is 10.5 Å². The molecule has 1 N–H and O–H groups in total. The lowest BCUT2D eigenvalue weighted by molar-refractivity contribution is -0.143. The molecule has 1 aliphatic rings. The molecule has 8 nitrogen and oxygen atoms in total. The van der Waals surface area contributed by atoms with E-state index in [9.17, 15) is 19.2 Å². The molecule has 1 heterocycles. The van der Waals surface area contributed by atoms with E-state index in [0.717, 1.165) is 16.0 Å². The van der Waals surface area contributed by atoms with E-state index in [4.69, 9.17) is 4.74 Å². The van der Waals surface area contributed by atoms with Gasteiger partial charge in [-0.15, -0.1) is 0 Å². The van der Waals surface area contributed by atoms with Gasteiger partial charge in [0.15, 0.2) is 6.61 Å². The van der Waals surface area contributed by atoms with E-state index in [1.807, 2.05) is 42.5 Å². The second-order valence-corrected chi connectivity index (χ2v) is 9.00. The highest BCUT2D eigenvalue weighted by Gasteiger charge is 2.37. The smallest absolute Gasteiger partial charge is 0.343 e. The molecule has 3 rings (SSSR count). The van der Waals surface area contributed by atoms with Crippen LogP contribution in [0.25, 0.3) is 6.08 Å². The first kappa shape index (κ1) is 23.9. The summed E-state index contributed by atoms with van der Waals surface area (Å²) in [5.74, 6) is -1.61. The summed E-state index contributed by atoms with van der Waals surface area (Å²) < 4.78 is 11.2. The summed E-state index contributed by atoms with van der Waals surface area (Å²) in [6.07, 6.45) is 1.40. The molecule has 0 aliphatic carbocycles. The zero-order valence-electron chi connectivity index (χ0n) is 17.3. The summed E-state index contributed by atoms with van der Waals surface area (Å²) >= 11 is 5.39. The Labute approximate surface area is 206 Å². The van der Waals surface area contributed by atoms with Crippen LogP contribution in [-0.4, -0.2) is 37.5 Å². The molecule has 0 atom stereocenters. The van der Waals surface area contributed by atoms with Crippen molar-refractivity contribution in [1.82, 2.24) is 5.32 Å². The minimum Gasteiger partial charge on any atom is -0.480 e. The number of imide groups is 2. The number of nitrogens with zero attached hydrogens (tertiary/aromatic N) is 1. The van der Waals surface area contributed by atoms with Crippen LogP contribution in [0.2, 0.25) is 0 Å². The average Bonchev–Trinajstić information content (AvgIpc) is 2.69. The van der Waals surface area contributed by atoms with Gasteiger partial charge in [0, 0.05) is 0 Å². The van der Waals surface area contributed by atoms with Gasteiger partial charge in [-0.25, -0.2) is 14.5 Å². The Kier molecular flexibility index (Phi) is 7.34. The largest absolute Gasteiger partial charge is 0.480 e. The highest BCUT2D eigenvalue weighted by Crippen LogP contribution is 2.33. The van der Waals surface area contributed by atoms with Gasteiger partial charge < -0.3 is 9.47 Å². The van der Waals surface area contributed by atoms with E-state index >= 15 is 0 Å². The second kappa shape index (κ2) is 9.82. The Hall–Kier alpha value is -2.73. The van der Waals surface area contributed by atoms with Gasteiger partial charge in [0.1, 0.15) is 11.3 Å². The van der Waals surface area contributed by atoms with Crippen molar-refractivity contribution in [2.75, 3.05) is 18.6 Å². The number of rotatable bonds is 5. The van der Waals surface area contributed by atoms with Gasteiger partial charge in [-0.3, -0.25) is 14.9 Å². The molecule has 0 saturated carbocycles. The zero-order chi connectivity index (χ0) is 23.6. The lowest BCUT2D eigenvalue weighted by atomic mass is 10.1. The summed E-state index contributed by atoms with van der Waals surface area (Å²) in [5.41, 5.74) is 2.48. The number of esters is 1. The Morgan fingerprint density at radius 2 is 1.78 bits per heavy atom. The van der Waals surface area contributed by atoms with Crippen LogP contribution in [-0.2, 0) is 19.1 Å². The zero-order valence-corrected chi connectivity index (χ0v) is 21.1. The predicted molar refractivity (Wildman–Crippen MR) is 129 cm³/mol. The molecule has 0 unspecified atom stereocenters. The maximum atomic E-state index is 13.1. The van der Waals surface area contributed by atoms with Crippen molar-refractivity contribution in [2.24, 2.45) is 0 Å². The van der Waals surface area contributed by atoms with E-state index in [0.29, 0.717) is 25.0 Å². The molecule has 2 aromatic carbocycles. The third kappa shape index (κ3) is 5.18. The number of barbiturate groups is 1. The number of nitrogens with one attached hydrogen (secondary N) is 1. The van der Waals surface area contributed by atoms with Crippen LogP contribution in [0.1, 0.15) is 16.7 Å². The summed E-state index contributed by atoms with van der Waals surface area (Å²) in [4.78, 5) is 50.3. The molecule has 0 bridgehead atoms. The Morgan fingerprint density at radius 1 is 1.12 bits per heavy atom. The topological polar surface area (TPSA) is 102 Å². The van der Waals surface area contributed by atoms with Gasteiger partial charge in [0.2, 0.25) is 0 Å². The number of carbonyl (C=O) groups excluding carboxylic acids is 4. The molecule has 4 amide bonds. The van der Waals surface area contributed by atoms with E-state index in [1.165, 1.54) is 13.2 Å². The normalized spacial score (nSPS) is 15.1. The molecule has 0 radical (unpaired) electrons. The fourth-order valence-corrected chi connectivity index (χ4v) is 4.90. The number of urea groups is 1. The monoisotopic (exact) mass is 612 g/mol. The number of hydrogen-bond donors (Lipinski definition) is 1. The van der Waals surface area contributed by atoms with Gasteiger partial charge in [-0.1, -0.05) is 6.07 Å². The van der Waals surface area contributed by atoms with Crippen molar-refractivity contribution in [3.8, 4) is 5.75 Å². The highest BCUT2D eigenvalue weighted by atomic mass is 127. The quantitative estimate of drug-likeness (QED) is 0.238. The molecule has 2 aromatic rings. The van der Waals surface area contributed by atoms with Gasteiger partial charge in [0.25, 0.3) is 11.8 Å². The Morgan fingerprint density at radius 3 is 2.38 bits per heavy atom. The summed E-state index contributed by atoms with van der Waals surface area (Å²) in [5, 5.41) is 2.22. The summed E-state index contributed by atoms with van der Waals surface area (Å²) in [6, 6.07) is 7.84. The molecule has 0 spiro atoms. The molecular formula is C22H18BrIN2O6. The Balaban J connectivity index is 1.96. The van der Waals surface area contributed by atoms with E-state index < -0.39 is 23.8 Å². The summed E-state index contributed by atoms with van der Waals surface area (Å²) in [6.45, 7) is 3.45. The predicted octanol–water partition coefficient (Wildman–Crippen LogP) is 3.89. The fraction of sp³-hybridized carbons (Fsp3) is 0.182. The number of anilines is 1. The van der Waals surface area contributed by atoms with Gasteiger partial charge in [0.05, 0.1) is 20.8 Å². The van der Waals surface area contributed by atoms with Gasteiger partial charge in [-0.05, 0) is 99.4 Å². The first-order valence-corrected chi connectivity index (χ1v) is 11.2. The highest BCUT2D eigenvalue weighted by molar-refractivity contribution is 14.1. The molecule has 1 aliphatic heterocycles. The molecular weight excluding hydrogens is 595 g/mol. The standard InChI is InChI=1S/C22H18BrIN2O6/c1-11-4-12(2)6-14(5-11)26-21(29)15(20(28)25-22(26)30)7-13-8-16(23)19(17(24)9-13)32-10-18(27)31-3/h4-9H,10H2,1-3H3,(H,25,28,30)/b15-7+. The number of carbonyl (C=O) groups is 4. The minimum absolute atomic E-state index is 0.185. The second-order valence-electron chi connectivity index (χ2n) is 6.98. The number of ether oxygens (including phenoxy) is 2. The molecule has 0 aromatic heterocycles. The van der Waals surface area contributed by atoms with E-state index in [2.05, 4.69) is 26.0 Å². The van der Waals surface area contributed by atoms with Crippen molar-refractivity contribution < 1.29 is 28.7 Å². The third-order valence-corrected chi connectivity index (χ3v) is 5.85. The first-order chi connectivity index (χ1) is 15.1. The van der Waals surface area contributed by atoms with Crippen LogP contribution in [0.15, 0.2) is 40.4 Å². The van der Waals surface area contributed by atoms with Gasteiger partial charge in [-0.2, -0.15) is 0 Å². The van der Waals surface area contributed by atoms with Crippen molar-refractivity contribution in [2.45, 2.75) is 13.8 Å². The maximum absolute atomic E-state index is 13.1. The van der Waals surface area contributed by atoms with Crippen LogP contribution in [0.5, 0.6) is 5.75 Å². The van der Waals surface area contributed by atoms with Crippen molar-refractivity contribution in [3.63, 3.8) is 0 Å². The number of methoxy groups -OCH3 is 1. The van der Waals surface area contributed by atoms with Crippen molar-refractivity contribution in [3.05, 3.63) is 60.6 Å². The number of amides is 4. The number of aryl methyl sites for hydroxylation is 2. The average molecular weight is 613 g/mol. The van der Waals surface area contributed by atoms with Crippen LogP contribution in [0, 0.1) is 17.4 Å².